The standard InChI is InChI=1S/C27H31N3O3S/c1-22-9-15-26(16-10-22)34(32,33)30(25-7-3-2-4-8-25)21-27(31)28-19-23-11-13-24(14-12-23)20-29-17-5-6-18-29/h2-4,7-16H,5-6,17-21H2,1H3,(H,28,31). The van der Waals surface area contributed by atoms with Crippen molar-refractivity contribution in [1.82, 2.24) is 10.2 Å². The zero-order chi connectivity index (χ0) is 24.0. The average Bonchev–Trinajstić information content (AvgIpc) is 3.36. The van der Waals surface area contributed by atoms with Crippen LogP contribution in [-0.4, -0.2) is 38.9 Å². The molecule has 7 heteroatoms. The minimum absolute atomic E-state index is 0.156. The van der Waals surface area contributed by atoms with Gasteiger partial charge in [-0.2, -0.15) is 0 Å². The molecule has 1 amide bonds. The first-order valence-corrected chi connectivity index (χ1v) is 13.1. The smallest absolute Gasteiger partial charge is 0.264 e. The summed E-state index contributed by atoms with van der Waals surface area (Å²) in [6.45, 7) is 5.21. The third kappa shape index (κ3) is 6.04. The third-order valence-corrected chi connectivity index (χ3v) is 7.85. The van der Waals surface area contributed by atoms with Crippen molar-refractivity contribution < 1.29 is 13.2 Å². The molecule has 0 saturated carbocycles. The zero-order valence-corrected chi connectivity index (χ0v) is 20.3. The van der Waals surface area contributed by atoms with Gasteiger partial charge in [0.2, 0.25) is 5.91 Å². The number of amides is 1. The molecule has 178 valence electrons. The molecule has 0 radical (unpaired) electrons. The lowest BCUT2D eigenvalue weighted by Crippen LogP contribution is -2.40. The van der Waals surface area contributed by atoms with Crippen molar-refractivity contribution in [3.8, 4) is 0 Å². The van der Waals surface area contributed by atoms with Crippen LogP contribution in [0, 0.1) is 6.92 Å². The summed E-state index contributed by atoms with van der Waals surface area (Å²) in [5.41, 5.74) is 3.65. The van der Waals surface area contributed by atoms with Gasteiger partial charge in [0.05, 0.1) is 10.6 Å². The number of para-hydroxylation sites is 1. The number of carbonyl (C=O) groups is 1. The molecule has 3 aromatic rings. The van der Waals surface area contributed by atoms with Crippen molar-refractivity contribution in [1.29, 1.82) is 0 Å². The van der Waals surface area contributed by atoms with E-state index in [1.54, 1.807) is 48.5 Å². The summed E-state index contributed by atoms with van der Waals surface area (Å²) in [6.07, 6.45) is 2.54. The van der Waals surface area contributed by atoms with E-state index in [0.29, 0.717) is 12.2 Å². The van der Waals surface area contributed by atoms with Crippen LogP contribution in [0.4, 0.5) is 5.69 Å². The number of hydrogen-bond acceptors (Lipinski definition) is 4. The minimum atomic E-state index is -3.90. The van der Waals surface area contributed by atoms with E-state index in [2.05, 4.69) is 22.3 Å². The van der Waals surface area contributed by atoms with Crippen molar-refractivity contribution in [2.24, 2.45) is 0 Å². The van der Waals surface area contributed by atoms with Crippen LogP contribution in [-0.2, 0) is 27.9 Å². The Kier molecular flexibility index (Phi) is 7.65. The van der Waals surface area contributed by atoms with Crippen LogP contribution in [0.25, 0.3) is 0 Å². The molecule has 1 aliphatic heterocycles. The molecule has 6 nitrogen and oxygen atoms in total. The Hall–Kier alpha value is -3.16. The molecule has 0 unspecified atom stereocenters. The molecule has 1 heterocycles. The zero-order valence-electron chi connectivity index (χ0n) is 19.5. The highest BCUT2D eigenvalue weighted by Crippen LogP contribution is 2.23. The minimum Gasteiger partial charge on any atom is -0.350 e. The molecule has 1 fully saturated rings. The normalized spacial score (nSPS) is 14.1. The van der Waals surface area contributed by atoms with Gasteiger partial charge in [-0.25, -0.2) is 8.42 Å². The molecule has 0 spiro atoms. The Morgan fingerprint density at radius 1 is 0.882 bits per heavy atom. The van der Waals surface area contributed by atoms with E-state index in [1.807, 2.05) is 25.1 Å². The van der Waals surface area contributed by atoms with Crippen molar-refractivity contribution in [3.05, 3.63) is 95.6 Å². The first-order chi connectivity index (χ1) is 16.4. The van der Waals surface area contributed by atoms with Crippen LogP contribution in [0.2, 0.25) is 0 Å². The molecule has 3 aromatic carbocycles. The monoisotopic (exact) mass is 477 g/mol. The fourth-order valence-electron chi connectivity index (χ4n) is 4.10. The van der Waals surface area contributed by atoms with Crippen LogP contribution < -0.4 is 9.62 Å². The number of nitrogens with one attached hydrogen (secondary N) is 1. The van der Waals surface area contributed by atoms with Gasteiger partial charge in [0, 0.05) is 13.1 Å². The summed E-state index contributed by atoms with van der Waals surface area (Å²) in [5.74, 6) is -0.360. The predicted octanol–water partition coefficient (Wildman–Crippen LogP) is 4.10. The van der Waals surface area contributed by atoms with Crippen molar-refractivity contribution in [2.75, 3.05) is 23.9 Å². The number of likely N-dealkylation sites (tertiary alicyclic amines) is 1. The maximum Gasteiger partial charge on any atom is 0.264 e. The molecule has 0 atom stereocenters. The van der Waals surface area contributed by atoms with Gasteiger partial charge >= 0.3 is 0 Å². The average molecular weight is 478 g/mol. The molecule has 34 heavy (non-hydrogen) atoms. The van der Waals surface area contributed by atoms with Crippen LogP contribution in [0.15, 0.2) is 83.8 Å². The lowest BCUT2D eigenvalue weighted by molar-refractivity contribution is -0.119. The number of benzene rings is 3. The maximum atomic E-state index is 13.4. The molecule has 1 aliphatic rings. The largest absolute Gasteiger partial charge is 0.350 e. The lowest BCUT2D eigenvalue weighted by Gasteiger charge is -2.24. The fourth-order valence-corrected chi connectivity index (χ4v) is 5.52. The topological polar surface area (TPSA) is 69.7 Å². The van der Waals surface area contributed by atoms with E-state index in [0.717, 1.165) is 35.1 Å². The first kappa shape index (κ1) is 24.0. The quantitative estimate of drug-likeness (QED) is 0.504. The molecule has 0 aromatic heterocycles. The number of hydrogen-bond donors (Lipinski definition) is 1. The second kappa shape index (κ2) is 10.8. The summed E-state index contributed by atoms with van der Waals surface area (Å²) in [4.78, 5) is 15.4. The molecule has 1 N–H and O–H groups in total. The Bertz CT molecular complexity index is 1190. The molecule has 4 rings (SSSR count). The molecule has 0 bridgehead atoms. The molecule has 0 aliphatic carbocycles. The SMILES string of the molecule is Cc1ccc(S(=O)(=O)N(CC(=O)NCc2ccc(CN3CCCC3)cc2)c2ccccc2)cc1. The Balaban J connectivity index is 1.42. The molecule has 1 saturated heterocycles. The van der Waals surface area contributed by atoms with Crippen molar-refractivity contribution >= 4 is 21.6 Å². The van der Waals surface area contributed by atoms with Gasteiger partial charge in [-0.3, -0.25) is 14.0 Å². The van der Waals surface area contributed by atoms with Gasteiger partial charge in [0.1, 0.15) is 6.54 Å². The predicted molar refractivity (Wildman–Crippen MR) is 135 cm³/mol. The van der Waals surface area contributed by atoms with Gasteiger partial charge in [0.15, 0.2) is 0 Å². The number of sulfonamides is 1. The van der Waals surface area contributed by atoms with Crippen molar-refractivity contribution in [2.45, 2.75) is 37.8 Å². The molecular formula is C27H31N3O3S. The van der Waals surface area contributed by atoms with Crippen LogP contribution in [0.5, 0.6) is 0 Å². The Morgan fingerprint density at radius 2 is 1.50 bits per heavy atom. The summed E-state index contributed by atoms with van der Waals surface area (Å²) in [5, 5.41) is 2.87. The van der Waals surface area contributed by atoms with Crippen molar-refractivity contribution in [3.63, 3.8) is 0 Å². The fraction of sp³-hybridized carbons (Fsp3) is 0.296. The summed E-state index contributed by atoms with van der Waals surface area (Å²) in [6, 6.07) is 23.6. The van der Waals surface area contributed by atoms with E-state index in [-0.39, 0.29) is 17.3 Å². The highest BCUT2D eigenvalue weighted by atomic mass is 32.2. The number of anilines is 1. The summed E-state index contributed by atoms with van der Waals surface area (Å²) < 4.78 is 27.9. The lowest BCUT2D eigenvalue weighted by atomic mass is 10.1. The summed E-state index contributed by atoms with van der Waals surface area (Å²) >= 11 is 0. The number of nitrogens with zero attached hydrogens (tertiary/aromatic N) is 2. The number of carbonyl (C=O) groups excluding carboxylic acids is 1. The highest BCUT2D eigenvalue weighted by molar-refractivity contribution is 7.92. The third-order valence-electron chi connectivity index (χ3n) is 6.06. The van der Waals surface area contributed by atoms with E-state index < -0.39 is 10.0 Å². The van der Waals surface area contributed by atoms with Crippen LogP contribution >= 0.6 is 0 Å². The van der Waals surface area contributed by atoms with Gasteiger partial charge < -0.3 is 5.32 Å². The van der Waals surface area contributed by atoms with Gasteiger partial charge in [-0.15, -0.1) is 0 Å². The van der Waals surface area contributed by atoms with E-state index in [9.17, 15) is 13.2 Å². The van der Waals surface area contributed by atoms with Gasteiger partial charge in [-0.1, -0.05) is 60.2 Å². The highest BCUT2D eigenvalue weighted by Gasteiger charge is 2.27. The van der Waals surface area contributed by atoms with Gasteiger partial charge in [0.25, 0.3) is 10.0 Å². The Morgan fingerprint density at radius 3 is 2.15 bits per heavy atom. The Labute approximate surface area is 202 Å². The van der Waals surface area contributed by atoms with E-state index in [4.69, 9.17) is 0 Å². The van der Waals surface area contributed by atoms with E-state index in [1.165, 1.54) is 18.4 Å². The second-order valence-corrected chi connectivity index (χ2v) is 10.6. The second-order valence-electron chi connectivity index (χ2n) is 8.74. The first-order valence-electron chi connectivity index (χ1n) is 11.6. The van der Waals surface area contributed by atoms with Gasteiger partial charge in [-0.05, 0) is 68.2 Å². The maximum absolute atomic E-state index is 13.4. The number of aryl methyl sites for hydroxylation is 1. The van der Waals surface area contributed by atoms with Crippen LogP contribution in [0.3, 0.4) is 0 Å². The van der Waals surface area contributed by atoms with E-state index >= 15 is 0 Å². The summed E-state index contributed by atoms with van der Waals surface area (Å²) in [7, 11) is -3.90. The van der Waals surface area contributed by atoms with Crippen LogP contribution in [0.1, 0.15) is 29.5 Å². The number of rotatable bonds is 9. The molecular weight excluding hydrogens is 446 g/mol.